The average molecular weight is 163 g/mol. The molecule has 1 unspecified atom stereocenters. The maximum atomic E-state index is 4.31. The smallest absolute Gasteiger partial charge is 0.152 e. The molecular weight excluding hydrogens is 150 g/mol. The Hall–Kier alpha value is -1.25. The van der Waals surface area contributed by atoms with Gasteiger partial charge in [0.2, 0.25) is 0 Å². The Kier molecular flexibility index (Phi) is 1.64. The van der Waals surface area contributed by atoms with Gasteiger partial charge in [-0.15, -0.1) is 0 Å². The Morgan fingerprint density at radius 1 is 1.67 bits per heavy atom. The molecule has 12 heavy (non-hydrogen) atoms. The Labute approximate surface area is 72.4 Å². The first kappa shape index (κ1) is 7.40. The third kappa shape index (κ3) is 1.02. The minimum atomic E-state index is 0.521. The predicted octanol–water partition coefficient (Wildman–Crippen LogP) is 1.33. The molecule has 2 rings (SSSR count). The zero-order chi connectivity index (χ0) is 8.55. The van der Waals surface area contributed by atoms with Crippen LogP contribution in [0.2, 0.25) is 0 Å². The van der Waals surface area contributed by atoms with Crippen molar-refractivity contribution >= 4 is 11.5 Å². The molecule has 0 fully saturated rings. The Bertz CT molecular complexity index is 285. The summed E-state index contributed by atoms with van der Waals surface area (Å²) < 4.78 is 0. The zero-order valence-corrected chi connectivity index (χ0v) is 7.41. The SMILES string of the molecule is CC1CNc2cccnc2N1C. The predicted molar refractivity (Wildman–Crippen MR) is 50.6 cm³/mol. The summed E-state index contributed by atoms with van der Waals surface area (Å²) >= 11 is 0. The molecule has 64 valence electrons. The molecular formula is C9H13N3. The van der Waals surface area contributed by atoms with Crippen LogP contribution in [0.1, 0.15) is 6.92 Å². The summed E-state index contributed by atoms with van der Waals surface area (Å²) in [7, 11) is 2.08. The topological polar surface area (TPSA) is 28.2 Å². The van der Waals surface area contributed by atoms with Gasteiger partial charge in [-0.25, -0.2) is 4.98 Å². The van der Waals surface area contributed by atoms with Gasteiger partial charge in [-0.05, 0) is 19.1 Å². The molecule has 1 aromatic rings. The first-order valence-corrected chi connectivity index (χ1v) is 4.21. The molecule has 2 heterocycles. The van der Waals surface area contributed by atoms with Gasteiger partial charge in [-0.2, -0.15) is 0 Å². The van der Waals surface area contributed by atoms with Gasteiger partial charge in [0, 0.05) is 25.8 Å². The van der Waals surface area contributed by atoms with Gasteiger partial charge in [-0.1, -0.05) is 0 Å². The van der Waals surface area contributed by atoms with Crippen LogP contribution in [0.4, 0.5) is 11.5 Å². The lowest BCUT2D eigenvalue weighted by Crippen LogP contribution is -2.39. The van der Waals surface area contributed by atoms with Crippen LogP contribution >= 0.6 is 0 Å². The van der Waals surface area contributed by atoms with Crippen molar-refractivity contribution in [2.24, 2.45) is 0 Å². The lowest BCUT2D eigenvalue weighted by molar-refractivity contribution is 0.689. The monoisotopic (exact) mass is 163 g/mol. The number of likely N-dealkylation sites (N-methyl/N-ethyl adjacent to an activating group) is 1. The van der Waals surface area contributed by atoms with Crippen molar-refractivity contribution in [2.45, 2.75) is 13.0 Å². The zero-order valence-electron chi connectivity index (χ0n) is 7.41. The van der Waals surface area contributed by atoms with E-state index in [4.69, 9.17) is 0 Å². The van der Waals surface area contributed by atoms with Crippen molar-refractivity contribution in [3.63, 3.8) is 0 Å². The molecule has 0 spiro atoms. The number of fused-ring (bicyclic) bond motifs is 1. The van der Waals surface area contributed by atoms with E-state index in [-0.39, 0.29) is 0 Å². The van der Waals surface area contributed by atoms with E-state index in [1.807, 2.05) is 12.3 Å². The van der Waals surface area contributed by atoms with Crippen LogP contribution in [0.5, 0.6) is 0 Å². The highest BCUT2D eigenvalue weighted by Crippen LogP contribution is 2.26. The van der Waals surface area contributed by atoms with Crippen molar-refractivity contribution in [1.82, 2.24) is 4.98 Å². The van der Waals surface area contributed by atoms with E-state index in [0.717, 1.165) is 18.1 Å². The van der Waals surface area contributed by atoms with Crippen LogP contribution in [-0.4, -0.2) is 24.6 Å². The second-order valence-corrected chi connectivity index (χ2v) is 3.22. The van der Waals surface area contributed by atoms with E-state index in [2.05, 4.69) is 35.2 Å². The molecule has 1 atom stereocenters. The minimum Gasteiger partial charge on any atom is -0.380 e. The van der Waals surface area contributed by atoms with E-state index in [1.54, 1.807) is 0 Å². The van der Waals surface area contributed by atoms with Crippen LogP contribution in [0.15, 0.2) is 18.3 Å². The summed E-state index contributed by atoms with van der Waals surface area (Å²) in [6.45, 7) is 3.18. The van der Waals surface area contributed by atoms with Crippen LogP contribution < -0.4 is 10.2 Å². The molecule has 1 aliphatic heterocycles. The lowest BCUT2D eigenvalue weighted by Gasteiger charge is -2.33. The highest BCUT2D eigenvalue weighted by Gasteiger charge is 2.19. The first-order valence-electron chi connectivity index (χ1n) is 4.21. The summed E-state index contributed by atoms with van der Waals surface area (Å²) in [5, 5.41) is 3.34. The summed E-state index contributed by atoms with van der Waals surface area (Å²) in [5.41, 5.74) is 1.14. The van der Waals surface area contributed by atoms with Crippen molar-refractivity contribution in [3.8, 4) is 0 Å². The molecule has 0 radical (unpaired) electrons. The van der Waals surface area contributed by atoms with Crippen LogP contribution in [0.25, 0.3) is 0 Å². The summed E-state index contributed by atoms with van der Waals surface area (Å²) in [4.78, 5) is 6.51. The van der Waals surface area contributed by atoms with E-state index in [9.17, 15) is 0 Å². The van der Waals surface area contributed by atoms with E-state index < -0.39 is 0 Å². The van der Waals surface area contributed by atoms with E-state index in [0.29, 0.717) is 6.04 Å². The maximum absolute atomic E-state index is 4.31. The fraction of sp³-hybridized carbons (Fsp3) is 0.444. The standard InChI is InChI=1S/C9H13N3/c1-7-6-11-8-4-3-5-10-9(8)12(7)2/h3-5,7,11H,6H2,1-2H3. The fourth-order valence-electron chi connectivity index (χ4n) is 1.42. The molecule has 1 aliphatic rings. The lowest BCUT2D eigenvalue weighted by atomic mass is 10.2. The molecule has 1 N–H and O–H groups in total. The summed E-state index contributed by atoms with van der Waals surface area (Å²) in [6, 6.07) is 4.53. The maximum Gasteiger partial charge on any atom is 0.152 e. The van der Waals surface area contributed by atoms with Gasteiger partial charge in [0.05, 0.1) is 5.69 Å². The number of nitrogens with one attached hydrogen (secondary N) is 1. The number of aromatic nitrogens is 1. The second kappa shape index (κ2) is 2.66. The molecule has 1 aromatic heterocycles. The van der Waals surface area contributed by atoms with Crippen LogP contribution in [-0.2, 0) is 0 Å². The average Bonchev–Trinajstić information content (AvgIpc) is 2.12. The number of nitrogens with zero attached hydrogens (tertiary/aromatic N) is 2. The molecule has 3 nitrogen and oxygen atoms in total. The van der Waals surface area contributed by atoms with Gasteiger partial charge in [0.25, 0.3) is 0 Å². The largest absolute Gasteiger partial charge is 0.380 e. The third-order valence-electron chi connectivity index (χ3n) is 2.37. The third-order valence-corrected chi connectivity index (χ3v) is 2.37. The first-order chi connectivity index (χ1) is 5.79. The summed E-state index contributed by atoms with van der Waals surface area (Å²) in [6.07, 6.45) is 1.83. The van der Waals surface area contributed by atoms with Crippen molar-refractivity contribution < 1.29 is 0 Å². The molecule has 0 bridgehead atoms. The van der Waals surface area contributed by atoms with Gasteiger partial charge < -0.3 is 10.2 Å². The second-order valence-electron chi connectivity index (χ2n) is 3.22. The molecule has 0 amide bonds. The molecule has 0 aromatic carbocycles. The van der Waals surface area contributed by atoms with E-state index >= 15 is 0 Å². The van der Waals surface area contributed by atoms with Gasteiger partial charge in [-0.3, -0.25) is 0 Å². The van der Waals surface area contributed by atoms with Crippen LogP contribution in [0.3, 0.4) is 0 Å². The number of hydrogen-bond donors (Lipinski definition) is 1. The molecule has 3 heteroatoms. The van der Waals surface area contributed by atoms with Crippen LogP contribution in [0, 0.1) is 0 Å². The highest BCUT2D eigenvalue weighted by molar-refractivity contribution is 5.67. The molecule has 0 aliphatic carbocycles. The van der Waals surface area contributed by atoms with Crippen molar-refractivity contribution in [2.75, 3.05) is 23.8 Å². The van der Waals surface area contributed by atoms with Gasteiger partial charge >= 0.3 is 0 Å². The Morgan fingerprint density at radius 2 is 2.50 bits per heavy atom. The number of pyridine rings is 1. The van der Waals surface area contributed by atoms with Crippen molar-refractivity contribution in [1.29, 1.82) is 0 Å². The van der Waals surface area contributed by atoms with Gasteiger partial charge in [0.1, 0.15) is 0 Å². The molecule has 0 saturated carbocycles. The molecule has 0 saturated heterocycles. The highest BCUT2D eigenvalue weighted by atomic mass is 15.2. The number of hydrogen-bond acceptors (Lipinski definition) is 3. The van der Waals surface area contributed by atoms with Crippen molar-refractivity contribution in [3.05, 3.63) is 18.3 Å². The Balaban J connectivity index is 2.42. The number of anilines is 2. The van der Waals surface area contributed by atoms with Gasteiger partial charge in [0.15, 0.2) is 5.82 Å². The summed E-state index contributed by atoms with van der Waals surface area (Å²) in [5.74, 6) is 1.05. The number of rotatable bonds is 0. The normalized spacial score (nSPS) is 21.5. The minimum absolute atomic E-state index is 0.521. The fourth-order valence-corrected chi connectivity index (χ4v) is 1.42. The van der Waals surface area contributed by atoms with E-state index in [1.165, 1.54) is 0 Å². The Morgan fingerprint density at radius 3 is 3.33 bits per heavy atom. The quantitative estimate of drug-likeness (QED) is 0.625.